The number of halogens is 1. The third-order valence-corrected chi connectivity index (χ3v) is 4.56. The van der Waals surface area contributed by atoms with E-state index in [0.717, 1.165) is 22.5 Å². The zero-order valence-corrected chi connectivity index (χ0v) is 15.9. The molecule has 0 spiro atoms. The Bertz CT molecular complexity index is 1080. The molecule has 0 bridgehead atoms. The van der Waals surface area contributed by atoms with Gasteiger partial charge in [0, 0.05) is 19.8 Å². The highest BCUT2D eigenvalue weighted by Gasteiger charge is 2.18. The monoisotopic (exact) mass is 398 g/mol. The summed E-state index contributed by atoms with van der Waals surface area (Å²) in [5.41, 5.74) is 0.625. The van der Waals surface area contributed by atoms with Crippen LogP contribution in [-0.4, -0.2) is 33.8 Å². The van der Waals surface area contributed by atoms with Crippen LogP contribution in [0.15, 0.2) is 59.7 Å². The van der Waals surface area contributed by atoms with Gasteiger partial charge in [0.2, 0.25) is 5.91 Å². The molecular weight excluding hydrogens is 380 g/mol. The molecule has 1 unspecified atom stereocenters. The molecular formula is C20H19ClN4O3. The summed E-state index contributed by atoms with van der Waals surface area (Å²) < 4.78 is 1.28. The van der Waals surface area contributed by atoms with E-state index in [4.69, 9.17) is 11.6 Å². The number of hydrogen-bond acceptors (Lipinski definition) is 4. The Morgan fingerprint density at radius 3 is 2.64 bits per heavy atom. The molecule has 2 N–H and O–H groups in total. The van der Waals surface area contributed by atoms with Gasteiger partial charge in [-0.25, -0.2) is 4.98 Å². The van der Waals surface area contributed by atoms with E-state index in [1.54, 1.807) is 7.05 Å². The van der Waals surface area contributed by atoms with E-state index < -0.39 is 11.9 Å². The van der Waals surface area contributed by atoms with Crippen molar-refractivity contribution in [2.45, 2.75) is 6.04 Å². The fraction of sp³-hybridized carbons (Fsp3) is 0.200. The van der Waals surface area contributed by atoms with Gasteiger partial charge < -0.3 is 15.2 Å². The van der Waals surface area contributed by atoms with Gasteiger partial charge in [0.1, 0.15) is 11.6 Å². The number of carbonyl (C=O) groups excluding carboxylic acids is 2. The number of benzene rings is 2. The minimum absolute atomic E-state index is 0.108. The molecule has 3 rings (SSSR count). The molecule has 0 aliphatic carbocycles. The number of alkyl halides is 1. The number of carbonyl (C=O) groups is 2. The van der Waals surface area contributed by atoms with Gasteiger partial charge in [-0.05, 0) is 22.4 Å². The lowest BCUT2D eigenvalue weighted by atomic mass is 10.0. The summed E-state index contributed by atoms with van der Waals surface area (Å²) in [5.74, 6) is -0.948. The Balaban J connectivity index is 1.88. The number of amides is 2. The van der Waals surface area contributed by atoms with Crippen molar-refractivity contribution in [2.24, 2.45) is 7.05 Å². The van der Waals surface area contributed by atoms with Gasteiger partial charge >= 0.3 is 0 Å². The minimum atomic E-state index is -0.497. The molecule has 0 saturated heterocycles. The molecule has 0 radical (unpaired) electrons. The maximum atomic E-state index is 12.6. The Morgan fingerprint density at radius 1 is 1.18 bits per heavy atom. The maximum absolute atomic E-state index is 12.6. The lowest BCUT2D eigenvalue weighted by Gasteiger charge is -2.20. The van der Waals surface area contributed by atoms with Gasteiger partial charge in [0.15, 0.2) is 0 Å². The predicted octanol–water partition coefficient (Wildman–Crippen LogP) is 1.76. The molecule has 1 heterocycles. The summed E-state index contributed by atoms with van der Waals surface area (Å²) >= 11 is 5.55. The molecule has 0 aliphatic heterocycles. The minimum Gasteiger partial charge on any atom is -0.353 e. The highest BCUT2D eigenvalue weighted by molar-refractivity contribution is 6.27. The smallest absolute Gasteiger partial charge is 0.271 e. The van der Waals surface area contributed by atoms with Crippen LogP contribution in [-0.2, 0) is 11.8 Å². The number of nitrogens with one attached hydrogen (secondary N) is 2. The fourth-order valence-electron chi connectivity index (χ4n) is 2.79. The van der Waals surface area contributed by atoms with E-state index in [0.29, 0.717) is 0 Å². The summed E-state index contributed by atoms with van der Waals surface area (Å²) in [6, 6.07) is 13.2. The standard InChI is InChI=1S/C20H19ClN4O3/c1-25-12-17(22-11-19(25)27)20(28)24-16(10-23-18(26)9-21)15-7-6-13-4-2-3-5-14(13)8-15/h2-8,11-12,16H,9-10H2,1H3,(H,23,26)(H,24,28). The first-order valence-corrected chi connectivity index (χ1v) is 9.16. The van der Waals surface area contributed by atoms with Gasteiger partial charge in [-0.15, -0.1) is 11.6 Å². The van der Waals surface area contributed by atoms with Crippen molar-refractivity contribution in [3.8, 4) is 0 Å². The van der Waals surface area contributed by atoms with Gasteiger partial charge in [0.05, 0.1) is 12.2 Å². The van der Waals surface area contributed by atoms with E-state index in [9.17, 15) is 14.4 Å². The second kappa shape index (κ2) is 8.67. The summed E-state index contributed by atoms with van der Waals surface area (Å²) in [6.07, 6.45) is 2.46. The number of fused-ring (bicyclic) bond motifs is 1. The molecule has 144 valence electrons. The van der Waals surface area contributed by atoms with Crippen LogP contribution in [0.3, 0.4) is 0 Å². The van der Waals surface area contributed by atoms with E-state index in [1.807, 2.05) is 42.5 Å². The lowest BCUT2D eigenvalue weighted by molar-refractivity contribution is -0.118. The van der Waals surface area contributed by atoms with E-state index in [1.165, 1.54) is 10.8 Å². The van der Waals surface area contributed by atoms with Crippen LogP contribution in [0.1, 0.15) is 22.1 Å². The summed E-state index contributed by atoms with van der Waals surface area (Å²) in [7, 11) is 1.54. The molecule has 2 aromatic carbocycles. The van der Waals surface area contributed by atoms with Gasteiger partial charge in [0.25, 0.3) is 11.5 Å². The first kappa shape index (κ1) is 19.6. The van der Waals surface area contributed by atoms with Crippen LogP contribution >= 0.6 is 11.6 Å². The van der Waals surface area contributed by atoms with E-state index >= 15 is 0 Å². The van der Waals surface area contributed by atoms with Crippen molar-refractivity contribution in [2.75, 3.05) is 12.4 Å². The Labute approximate surface area is 166 Å². The third kappa shape index (κ3) is 4.55. The molecule has 3 aromatic rings. The van der Waals surface area contributed by atoms with Gasteiger partial charge in [-0.1, -0.05) is 36.4 Å². The Hall–Kier alpha value is -3.19. The zero-order chi connectivity index (χ0) is 20.1. The molecule has 0 fully saturated rings. The highest BCUT2D eigenvalue weighted by Crippen LogP contribution is 2.20. The van der Waals surface area contributed by atoms with Crippen LogP contribution in [0.4, 0.5) is 0 Å². The van der Waals surface area contributed by atoms with Crippen LogP contribution in [0.5, 0.6) is 0 Å². The number of aromatic nitrogens is 2. The van der Waals surface area contributed by atoms with Crippen molar-refractivity contribution in [1.29, 1.82) is 0 Å². The van der Waals surface area contributed by atoms with Gasteiger partial charge in [-0.2, -0.15) is 0 Å². The fourth-order valence-corrected chi connectivity index (χ4v) is 2.88. The van der Waals surface area contributed by atoms with Crippen LogP contribution in [0.2, 0.25) is 0 Å². The molecule has 7 nitrogen and oxygen atoms in total. The number of aryl methyl sites for hydroxylation is 1. The SMILES string of the molecule is Cn1cc(C(=O)NC(CNC(=O)CCl)c2ccc3ccccc3c2)ncc1=O. The number of nitrogens with zero attached hydrogens (tertiary/aromatic N) is 2. The summed E-state index contributed by atoms with van der Waals surface area (Å²) in [4.78, 5) is 39.6. The largest absolute Gasteiger partial charge is 0.353 e. The van der Waals surface area contributed by atoms with Crippen LogP contribution in [0, 0.1) is 0 Å². The second-order valence-corrected chi connectivity index (χ2v) is 6.56. The quantitative estimate of drug-likeness (QED) is 0.619. The average molecular weight is 399 g/mol. The highest BCUT2D eigenvalue weighted by atomic mass is 35.5. The molecule has 1 atom stereocenters. The van der Waals surface area contributed by atoms with Crippen molar-refractivity contribution < 1.29 is 9.59 Å². The molecule has 0 saturated carbocycles. The lowest BCUT2D eigenvalue weighted by Crippen LogP contribution is -2.39. The average Bonchev–Trinajstić information content (AvgIpc) is 2.72. The molecule has 8 heteroatoms. The topological polar surface area (TPSA) is 93.1 Å². The summed E-state index contributed by atoms with van der Waals surface area (Å²) in [5, 5.41) is 7.65. The first-order valence-electron chi connectivity index (χ1n) is 8.63. The number of hydrogen-bond donors (Lipinski definition) is 2. The Morgan fingerprint density at radius 2 is 1.93 bits per heavy atom. The molecule has 2 amide bonds. The van der Waals surface area contributed by atoms with Crippen molar-refractivity contribution in [1.82, 2.24) is 20.2 Å². The zero-order valence-electron chi connectivity index (χ0n) is 15.2. The first-order chi connectivity index (χ1) is 13.5. The molecule has 1 aromatic heterocycles. The summed E-state index contributed by atoms with van der Waals surface area (Å²) in [6.45, 7) is 0.168. The van der Waals surface area contributed by atoms with Gasteiger partial charge in [-0.3, -0.25) is 14.4 Å². The Kier molecular flexibility index (Phi) is 6.06. The van der Waals surface area contributed by atoms with E-state index in [-0.39, 0.29) is 29.6 Å². The normalized spacial score (nSPS) is 11.8. The van der Waals surface area contributed by atoms with Crippen LogP contribution < -0.4 is 16.2 Å². The van der Waals surface area contributed by atoms with Crippen molar-refractivity contribution in [3.05, 3.63) is 76.5 Å². The molecule has 28 heavy (non-hydrogen) atoms. The van der Waals surface area contributed by atoms with Crippen molar-refractivity contribution in [3.63, 3.8) is 0 Å². The van der Waals surface area contributed by atoms with E-state index in [2.05, 4.69) is 15.6 Å². The predicted molar refractivity (Wildman–Crippen MR) is 107 cm³/mol. The third-order valence-electron chi connectivity index (χ3n) is 4.32. The second-order valence-electron chi connectivity index (χ2n) is 6.29. The maximum Gasteiger partial charge on any atom is 0.271 e. The van der Waals surface area contributed by atoms with Crippen LogP contribution in [0.25, 0.3) is 10.8 Å². The number of rotatable bonds is 6. The molecule has 0 aliphatic rings. The van der Waals surface area contributed by atoms with Crippen molar-refractivity contribution >= 4 is 34.2 Å².